The highest BCUT2D eigenvalue weighted by Gasteiger charge is 2.19. The summed E-state index contributed by atoms with van der Waals surface area (Å²) in [6.07, 6.45) is 2.05. The summed E-state index contributed by atoms with van der Waals surface area (Å²) in [6.45, 7) is 3.50. The molecule has 1 unspecified atom stereocenters. The highest BCUT2D eigenvalue weighted by atomic mass is 16.4. The first-order chi connectivity index (χ1) is 8.06. The molecule has 0 saturated carbocycles. The third-order valence-corrected chi connectivity index (χ3v) is 2.51. The van der Waals surface area contributed by atoms with E-state index < -0.39 is 17.9 Å². The molecule has 0 bridgehead atoms. The predicted octanol–water partition coefficient (Wildman–Crippen LogP) is 2.20. The number of carboxylic acid groups (broad SMARTS) is 2. The van der Waals surface area contributed by atoms with Crippen molar-refractivity contribution >= 4 is 11.9 Å². The van der Waals surface area contributed by atoms with Crippen LogP contribution in [0.3, 0.4) is 0 Å². The van der Waals surface area contributed by atoms with Gasteiger partial charge in [-0.25, -0.2) is 4.79 Å². The number of aliphatic carboxylic acids is 1. The van der Waals surface area contributed by atoms with E-state index >= 15 is 0 Å². The minimum atomic E-state index is -1.04. The summed E-state index contributed by atoms with van der Waals surface area (Å²) in [7, 11) is 0. The van der Waals surface area contributed by atoms with Crippen LogP contribution in [0.25, 0.3) is 0 Å². The molecule has 0 aliphatic rings. The van der Waals surface area contributed by atoms with E-state index in [0.717, 1.165) is 0 Å². The van der Waals surface area contributed by atoms with Crippen LogP contribution >= 0.6 is 0 Å². The maximum atomic E-state index is 11.0. The zero-order valence-electron chi connectivity index (χ0n) is 9.30. The number of carboxylic acids is 2. The Morgan fingerprint density at radius 2 is 1.94 bits per heavy atom. The highest BCUT2D eigenvalue weighted by molar-refractivity contribution is 5.89. The van der Waals surface area contributed by atoms with Gasteiger partial charge in [-0.2, -0.15) is 0 Å². The van der Waals surface area contributed by atoms with Gasteiger partial charge in [-0.15, -0.1) is 6.58 Å². The van der Waals surface area contributed by atoms with Crippen LogP contribution in [0.5, 0.6) is 0 Å². The van der Waals surface area contributed by atoms with E-state index in [1.165, 1.54) is 12.1 Å². The minimum absolute atomic E-state index is 0.155. The normalized spacial score (nSPS) is 11.8. The quantitative estimate of drug-likeness (QED) is 0.740. The van der Waals surface area contributed by atoms with Gasteiger partial charge in [0, 0.05) is 0 Å². The summed E-state index contributed by atoms with van der Waals surface area (Å²) < 4.78 is 0. The minimum Gasteiger partial charge on any atom is -0.481 e. The van der Waals surface area contributed by atoms with Crippen LogP contribution in [0, 0.1) is 5.92 Å². The summed E-state index contributed by atoms with van der Waals surface area (Å²) in [5.74, 6) is -2.61. The molecule has 0 aromatic heterocycles. The number of benzene rings is 1. The Labute approximate surface area is 99.2 Å². The first kappa shape index (κ1) is 13.0. The standard InChI is InChI=1S/C13H14O4/c1-2-5-10(12(14)15)8-9-6-3-4-7-11(9)13(16)17/h2-4,6-7,10H,1,5,8H2,(H,14,15)(H,16,17). The zero-order chi connectivity index (χ0) is 12.8. The molecular formula is C13H14O4. The molecule has 0 radical (unpaired) electrons. The lowest BCUT2D eigenvalue weighted by Gasteiger charge is -2.11. The van der Waals surface area contributed by atoms with E-state index in [4.69, 9.17) is 10.2 Å². The number of carbonyl (C=O) groups is 2. The van der Waals surface area contributed by atoms with Crippen LogP contribution in [-0.4, -0.2) is 22.2 Å². The molecule has 4 heteroatoms. The van der Waals surface area contributed by atoms with Crippen LogP contribution in [-0.2, 0) is 11.2 Å². The van der Waals surface area contributed by atoms with Crippen LogP contribution in [0.2, 0.25) is 0 Å². The number of hydrogen-bond acceptors (Lipinski definition) is 2. The van der Waals surface area contributed by atoms with Crippen LogP contribution in [0.15, 0.2) is 36.9 Å². The van der Waals surface area contributed by atoms with Gasteiger partial charge >= 0.3 is 11.9 Å². The summed E-state index contributed by atoms with van der Waals surface area (Å²) in [5, 5.41) is 18.0. The van der Waals surface area contributed by atoms with Crippen molar-refractivity contribution in [2.24, 2.45) is 5.92 Å². The summed E-state index contributed by atoms with van der Waals surface area (Å²) >= 11 is 0. The largest absolute Gasteiger partial charge is 0.481 e. The summed E-state index contributed by atoms with van der Waals surface area (Å²) in [5.41, 5.74) is 0.692. The molecule has 17 heavy (non-hydrogen) atoms. The van der Waals surface area contributed by atoms with E-state index in [1.807, 2.05) is 0 Å². The van der Waals surface area contributed by atoms with Gasteiger partial charge in [0.15, 0.2) is 0 Å². The monoisotopic (exact) mass is 234 g/mol. The molecule has 1 aromatic carbocycles. The van der Waals surface area contributed by atoms with Crippen molar-refractivity contribution in [1.29, 1.82) is 0 Å². The maximum absolute atomic E-state index is 11.0. The van der Waals surface area contributed by atoms with Crippen molar-refractivity contribution in [3.8, 4) is 0 Å². The fourth-order valence-corrected chi connectivity index (χ4v) is 1.65. The first-order valence-electron chi connectivity index (χ1n) is 5.21. The molecule has 4 nitrogen and oxygen atoms in total. The second-order valence-corrected chi connectivity index (χ2v) is 3.73. The Balaban J connectivity index is 2.96. The fourth-order valence-electron chi connectivity index (χ4n) is 1.65. The lowest BCUT2D eigenvalue weighted by Crippen LogP contribution is -2.17. The average Bonchev–Trinajstić information content (AvgIpc) is 2.28. The summed E-state index contributed by atoms with van der Waals surface area (Å²) in [4.78, 5) is 21.9. The molecule has 0 fully saturated rings. The van der Waals surface area contributed by atoms with E-state index in [0.29, 0.717) is 12.0 Å². The maximum Gasteiger partial charge on any atom is 0.335 e. The van der Waals surface area contributed by atoms with Crippen molar-refractivity contribution in [3.05, 3.63) is 48.0 Å². The van der Waals surface area contributed by atoms with Crippen molar-refractivity contribution in [2.75, 3.05) is 0 Å². The molecule has 0 heterocycles. The molecule has 90 valence electrons. The van der Waals surface area contributed by atoms with Crippen molar-refractivity contribution < 1.29 is 19.8 Å². The predicted molar refractivity (Wildman–Crippen MR) is 63.0 cm³/mol. The van der Waals surface area contributed by atoms with E-state index in [1.54, 1.807) is 18.2 Å². The van der Waals surface area contributed by atoms with Gasteiger partial charge < -0.3 is 10.2 Å². The topological polar surface area (TPSA) is 74.6 Å². The Morgan fingerprint density at radius 1 is 1.29 bits per heavy atom. The number of hydrogen-bond donors (Lipinski definition) is 2. The van der Waals surface area contributed by atoms with Crippen molar-refractivity contribution in [2.45, 2.75) is 12.8 Å². The number of rotatable bonds is 6. The third-order valence-electron chi connectivity index (χ3n) is 2.51. The van der Waals surface area contributed by atoms with Gasteiger partial charge in [0.1, 0.15) is 0 Å². The molecule has 1 aromatic rings. The number of aromatic carboxylic acids is 1. The third kappa shape index (κ3) is 3.45. The van der Waals surface area contributed by atoms with E-state index in [2.05, 4.69) is 6.58 Å². The second kappa shape index (κ2) is 5.84. The van der Waals surface area contributed by atoms with Crippen LogP contribution in [0.4, 0.5) is 0 Å². The lowest BCUT2D eigenvalue weighted by molar-refractivity contribution is -0.141. The Kier molecular flexibility index (Phi) is 4.46. The van der Waals surface area contributed by atoms with Crippen LogP contribution in [0.1, 0.15) is 22.3 Å². The molecule has 0 spiro atoms. The van der Waals surface area contributed by atoms with Crippen molar-refractivity contribution in [1.82, 2.24) is 0 Å². The molecule has 2 N–H and O–H groups in total. The summed E-state index contributed by atoms with van der Waals surface area (Å²) in [6, 6.07) is 6.44. The fraction of sp³-hybridized carbons (Fsp3) is 0.231. The van der Waals surface area contributed by atoms with E-state index in [-0.39, 0.29) is 12.0 Å². The average molecular weight is 234 g/mol. The zero-order valence-corrected chi connectivity index (χ0v) is 9.30. The molecule has 0 aliphatic heterocycles. The molecule has 0 saturated heterocycles. The first-order valence-corrected chi connectivity index (χ1v) is 5.21. The smallest absolute Gasteiger partial charge is 0.335 e. The molecular weight excluding hydrogens is 220 g/mol. The molecule has 0 amide bonds. The SMILES string of the molecule is C=CCC(Cc1ccccc1C(=O)O)C(=O)O. The highest BCUT2D eigenvalue weighted by Crippen LogP contribution is 2.17. The van der Waals surface area contributed by atoms with Gasteiger partial charge in [0.2, 0.25) is 0 Å². The Morgan fingerprint density at radius 3 is 2.47 bits per heavy atom. The Hall–Kier alpha value is -2.10. The second-order valence-electron chi connectivity index (χ2n) is 3.73. The van der Waals surface area contributed by atoms with Gasteiger partial charge in [-0.05, 0) is 24.5 Å². The molecule has 1 atom stereocenters. The molecule has 0 aliphatic carbocycles. The van der Waals surface area contributed by atoms with E-state index in [9.17, 15) is 9.59 Å². The Bertz CT molecular complexity index is 437. The van der Waals surface area contributed by atoms with Crippen molar-refractivity contribution in [3.63, 3.8) is 0 Å². The van der Waals surface area contributed by atoms with Gasteiger partial charge in [-0.3, -0.25) is 4.79 Å². The number of allylic oxidation sites excluding steroid dienone is 1. The van der Waals surface area contributed by atoms with Crippen LogP contribution < -0.4 is 0 Å². The molecule has 1 rings (SSSR count). The lowest BCUT2D eigenvalue weighted by atomic mass is 9.93. The van der Waals surface area contributed by atoms with Gasteiger partial charge in [-0.1, -0.05) is 24.3 Å². The van der Waals surface area contributed by atoms with Gasteiger partial charge in [0.05, 0.1) is 11.5 Å². The van der Waals surface area contributed by atoms with Gasteiger partial charge in [0.25, 0.3) is 0 Å².